The van der Waals surface area contributed by atoms with E-state index in [-0.39, 0.29) is 37.3 Å². The fourth-order valence-corrected chi connectivity index (χ4v) is 3.22. The quantitative estimate of drug-likeness (QED) is 0.722. The molecular formula is C21H20O4Zr. The van der Waals surface area contributed by atoms with Crippen LogP contribution in [-0.2, 0) is 30.9 Å². The number of carbonyl (C=O) groups is 2. The van der Waals surface area contributed by atoms with Gasteiger partial charge in [-0.2, -0.15) is 0 Å². The van der Waals surface area contributed by atoms with Crippen LogP contribution < -0.4 is 0 Å². The zero-order chi connectivity index (χ0) is 18.1. The van der Waals surface area contributed by atoms with E-state index in [1.54, 1.807) is 19.1 Å². The van der Waals surface area contributed by atoms with E-state index in [4.69, 9.17) is 4.74 Å². The second-order valence-corrected chi connectivity index (χ2v) is 6.47. The number of aromatic carboxylic acids is 1. The first-order valence-corrected chi connectivity index (χ1v) is 8.25. The number of esters is 1. The molecule has 1 atom stereocenters. The Morgan fingerprint density at radius 2 is 1.69 bits per heavy atom. The number of hydrogen-bond donors (Lipinski definition) is 1. The minimum absolute atomic E-state index is 0. The fraction of sp³-hybridized carbons (Fsp3) is 0.238. The van der Waals surface area contributed by atoms with Crippen molar-refractivity contribution in [3.63, 3.8) is 0 Å². The van der Waals surface area contributed by atoms with Crippen molar-refractivity contribution in [2.75, 3.05) is 0 Å². The van der Waals surface area contributed by atoms with Crippen LogP contribution in [0.3, 0.4) is 0 Å². The van der Waals surface area contributed by atoms with Gasteiger partial charge in [-0.05, 0) is 47.8 Å². The molecule has 132 valence electrons. The van der Waals surface area contributed by atoms with Crippen LogP contribution >= 0.6 is 0 Å². The number of fused-ring (bicyclic) bond motifs is 1. The number of allylic oxidation sites excluding steroid dienone is 1. The summed E-state index contributed by atoms with van der Waals surface area (Å²) in [7, 11) is 0. The average Bonchev–Trinajstić information content (AvgIpc) is 2.94. The maximum absolute atomic E-state index is 12.6. The van der Waals surface area contributed by atoms with Crippen molar-refractivity contribution in [1.29, 1.82) is 0 Å². The number of hydrogen-bond acceptors (Lipinski definition) is 3. The maximum Gasteiger partial charge on any atom is 0.339 e. The van der Waals surface area contributed by atoms with Crippen LogP contribution in [0.1, 0.15) is 57.4 Å². The van der Waals surface area contributed by atoms with Gasteiger partial charge in [-0.3, -0.25) is 0 Å². The van der Waals surface area contributed by atoms with Crippen molar-refractivity contribution in [2.24, 2.45) is 5.92 Å². The van der Waals surface area contributed by atoms with E-state index in [0.717, 1.165) is 16.7 Å². The molecule has 0 spiro atoms. The minimum Gasteiger partial charge on any atom is -0.478 e. The van der Waals surface area contributed by atoms with Crippen LogP contribution in [0.2, 0.25) is 0 Å². The number of carboxylic acid groups (broad SMARTS) is 1. The van der Waals surface area contributed by atoms with Gasteiger partial charge in [-0.1, -0.05) is 44.2 Å². The molecule has 26 heavy (non-hydrogen) atoms. The van der Waals surface area contributed by atoms with Crippen molar-refractivity contribution in [2.45, 2.75) is 26.9 Å². The third-order valence-corrected chi connectivity index (χ3v) is 4.55. The summed E-state index contributed by atoms with van der Waals surface area (Å²) >= 11 is 0. The first kappa shape index (κ1) is 20.3. The molecule has 0 bridgehead atoms. The Bertz CT molecular complexity index is 883. The molecule has 2 aromatic rings. The molecule has 1 unspecified atom stereocenters. The Kier molecular flexibility index (Phi) is 6.36. The van der Waals surface area contributed by atoms with E-state index in [9.17, 15) is 14.7 Å². The van der Waals surface area contributed by atoms with Gasteiger partial charge in [0.15, 0.2) is 0 Å². The Balaban J connectivity index is 0.00000243. The van der Waals surface area contributed by atoms with Gasteiger partial charge in [-0.15, -0.1) is 0 Å². The second kappa shape index (κ2) is 8.13. The van der Waals surface area contributed by atoms with Gasteiger partial charge in [0.2, 0.25) is 0 Å². The normalized spacial score (nSPS) is 15.1. The maximum atomic E-state index is 12.6. The monoisotopic (exact) mass is 426 g/mol. The SMILES string of the molecule is Cc1c(C(=O)O)cccc1C(=O)OC1C=C(C(C)C)c2ccccc21.[Zr]. The molecular weight excluding hydrogens is 407 g/mol. The molecule has 1 aliphatic carbocycles. The van der Waals surface area contributed by atoms with Crippen LogP contribution in [0.25, 0.3) is 5.57 Å². The smallest absolute Gasteiger partial charge is 0.339 e. The molecule has 0 amide bonds. The van der Waals surface area contributed by atoms with Crippen LogP contribution in [0.15, 0.2) is 48.5 Å². The molecule has 1 aliphatic rings. The number of benzene rings is 2. The van der Waals surface area contributed by atoms with Crippen LogP contribution in [0.5, 0.6) is 0 Å². The molecule has 4 nitrogen and oxygen atoms in total. The van der Waals surface area contributed by atoms with Crippen molar-refractivity contribution in [3.8, 4) is 0 Å². The first-order valence-electron chi connectivity index (χ1n) is 8.25. The molecule has 0 saturated carbocycles. The molecule has 0 aliphatic heterocycles. The predicted octanol–water partition coefficient (Wildman–Crippen LogP) is 4.64. The Morgan fingerprint density at radius 3 is 2.35 bits per heavy atom. The van der Waals surface area contributed by atoms with Gasteiger partial charge in [0, 0.05) is 31.8 Å². The van der Waals surface area contributed by atoms with E-state index in [2.05, 4.69) is 13.8 Å². The summed E-state index contributed by atoms with van der Waals surface area (Å²) in [5.41, 5.74) is 4.03. The van der Waals surface area contributed by atoms with Gasteiger partial charge >= 0.3 is 11.9 Å². The molecule has 2 aromatic carbocycles. The van der Waals surface area contributed by atoms with E-state index < -0.39 is 18.0 Å². The summed E-state index contributed by atoms with van der Waals surface area (Å²) in [6.45, 7) is 5.83. The fourth-order valence-electron chi connectivity index (χ4n) is 3.22. The van der Waals surface area contributed by atoms with Crippen molar-refractivity contribution < 1.29 is 45.6 Å². The van der Waals surface area contributed by atoms with Gasteiger partial charge in [0.1, 0.15) is 6.10 Å². The molecule has 3 rings (SSSR count). The topological polar surface area (TPSA) is 63.6 Å². The number of rotatable bonds is 4. The van der Waals surface area contributed by atoms with E-state index >= 15 is 0 Å². The standard InChI is InChI=1S/C21H20O4.Zr/c1-12(2)18-11-19(17-8-5-4-7-16(17)18)25-21(24)15-10-6-9-14(13(15)3)20(22)23;/h4-12,19H,1-3H3,(H,22,23);. The van der Waals surface area contributed by atoms with Gasteiger partial charge in [-0.25, -0.2) is 9.59 Å². The van der Waals surface area contributed by atoms with Gasteiger partial charge in [0.05, 0.1) is 11.1 Å². The summed E-state index contributed by atoms with van der Waals surface area (Å²) in [6, 6.07) is 12.5. The third-order valence-electron chi connectivity index (χ3n) is 4.55. The zero-order valence-corrected chi connectivity index (χ0v) is 17.4. The molecule has 0 aromatic heterocycles. The minimum atomic E-state index is -1.06. The van der Waals surface area contributed by atoms with E-state index in [0.29, 0.717) is 11.5 Å². The van der Waals surface area contributed by atoms with Crippen molar-refractivity contribution in [3.05, 3.63) is 76.4 Å². The summed E-state index contributed by atoms with van der Waals surface area (Å²) in [5, 5.41) is 9.22. The molecule has 0 fully saturated rings. The molecule has 5 heteroatoms. The number of ether oxygens (including phenoxy) is 1. The van der Waals surface area contributed by atoms with Crippen LogP contribution in [0, 0.1) is 12.8 Å². The Morgan fingerprint density at radius 1 is 1.04 bits per heavy atom. The van der Waals surface area contributed by atoms with Crippen LogP contribution in [-0.4, -0.2) is 17.0 Å². The molecule has 1 N–H and O–H groups in total. The van der Waals surface area contributed by atoms with Gasteiger partial charge < -0.3 is 9.84 Å². The predicted molar refractivity (Wildman–Crippen MR) is 95.6 cm³/mol. The largest absolute Gasteiger partial charge is 0.478 e. The first-order chi connectivity index (χ1) is 11.9. The Hall–Kier alpha value is -2.00. The van der Waals surface area contributed by atoms with E-state index in [1.807, 2.05) is 30.3 Å². The summed E-state index contributed by atoms with van der Waals surface area (Å²) in [4.78, 5) is 23.9. The summed E-state index contributed by atoms with van der Waals surface area (Å²) < 4.78 is 5.71. The average molecular weight is 428 g/mol. The number of carboxylic acids is 1. The van der Waals surface area contributed by atoms with Gasteiger partial charge in [0.25, 0.3) is 0 Å². The molecule has 0 heterocycles. The second-order valence-electron chi connectivity index (χ2n) is 6.47. The third kappa shape index (κ3) is 3.73. The molecule has 0 radical (unpaired) electrons. The zero-order valence-electron chi connectivity index (χ0n) is 14.9. The number of carbonyl (C=O) groups excluding carboxylic acids is 1. The van der Waals surface area contributed by atoms with Crippen molar-refractivity contribution in [1.82, 2.24) is 0 Å². The summed E-state index contributed by atoms with van der Waals surface area (Å²) in [6.07, 6.45) is 1.53. The molecule has 0 saturated heterocycles. The van der Waals surface area contributed by atoms with E-state index in [1.165, 1.54) is 6.07 Å². The Labute approximate surface area is 172 Å². The summed E-state index contributed by atoms with van der Waals surface area (Å²) in [5.74, 6) is -1.25. The van der Waals surface area contributed by atoms with Crippen molar-refractivity contribution >= 4 is 17.5 Å². The van der Waals surface area contributed by atoms with Crippen LogP contribution in [0.4, 0.5) is 0 Å².